The molecule has 0 aromatic carbocycles. The maximum atomic E-state index is 10.5. The summed E-state index contributed by atoms with van der Waals surface area (Å²) in [5.41, 5.74) is 0.103. The molecule has 1 N–H and O–H groups in total. The van der Waals surface area contributed by atoms with E-state index in [0.29, 0.717) is 0 Å². The first kappa shape index (κ1) is 5.96. The van der Waals surface area contributed by atoms with Crippen LogP contribution in [-0.4, -0.2) is 11.1 Å². The number of allylic oxidation sites excluding steroid dienone is 2. The summed E-state index contributed by atoms with van der Waals surface area (Å²) < 4.78 is 0. The molecule has 2 aliphatic rings. The Morgan fingerprint density at radius 1 is 1.70 bits per heavy atom. The highest BCUT2D eigenvalue weighted by Crippen LogP contribution is 2.59. The lowest BCUT2D eigenvalue weighted by Crippen LogP contribution is -2.05. The molecule has 0 aromatic rings. The van der Waals surface area contributed by atoms with E-state index < -0.39 is 5.97 Å². The van der Waals surface area contributed by atoms with Gasteiger partial charge in [-0.2, -0.15) is 0 Å². The van der Waals surface area contributed by atoms with Crippen molar-refractivity contribution in [3.05, 3.63) is 12.2 Å². The quantitative estimate of drug-likeness (QED) is 0.556. The molecule has 54 valence electrons. The standard InChI is InChI=1S/C8H10O2/c9-7(10)6-5-8(6)3-1-2-4-8/h1,3,6H,2,4-5H2,(H,9,10). The number of carbonyl (C=O) groups is 1. The summed E-state index contributed by atoms with van der Waals surface area (Å²) in [4.78, 5) is 10.5. The van der Waals surface area contributed by atoms with E-state index in [1.807, 2.05) is 0 Å². The summed E-state index contributed by atoms with van der Waals surface area (Å²) in [7, 11) is 0. The molecule has 0 aliphatic heterocycles. The first-order chi connectivity index (χ1) is 4.75. The first-order valence-electron chi connectivity index (χ1n) is 3.65. The van der Waals surface area contributed by atoms with E-state index in [-0.39, 0.29) is 11.3 Å². The molecule has 2 nitrogen and oxygen atoms in total. The summed E-state index contributed by atoms with van der Waals surface area (Å²) in [6.45, 7) is 0. The second-order valence-corrected chi connectivity index (χ2v) is 3.27. The van der Waals surface area contributed by atoms with Gasteiger partial charge in [-0.05, 0) is 19.3 Å². The summed E-state index contributed by atoms with van der Waals surface area (Å²) in [6.07, 6.45) is 7.20. The summed E-state index contributed by atoms with van der Waals surface area (Å²) in [5, 5.41) is 8.64. The number of rotatable bonds is 1. The zero-order valence-corrected chi connectivity index (χ0v) is 5.71. The third-order valence-electron chi connectivity index (χ3n) is 2.64. The maximum absolute atomic E-state index is 10.5. The van der Waals surface area contributed by atoms with Crippen molar-refractivity contribution in [1.29, 1.82) is 0 Å². The molecular formula is C8H10O2. The Labute approximate surface area is 59.5 Å². The second kappa shape index (κ2) is 1.62. The third kappa shape index (κ3) is 0.618. The van der Waals surface area contributed by atoms with Crippen molar-refractivity contribution in [3.63, 3.8) is 0 Å². The van der Waals surface area contributed by atoms with E-state index in [4.69, 9.17) is 5.11 Å². The van der Waals surface area contributed by atoms with Crippen molar-refractivity contribution in [2.45, 2.75) is 19.3 Å². The Bertz CT molecular complexity index is 207. The third-order valence-corrected chi connectivity index (χ3v) is 2.64. The van der Waals surface area contributed by atoms with E-state index in [0.717, 1.165) is 19.3 Å². The van der Waals surface area contributed by atoms with Gasteiger partial charge in [0, 0.05) is 5.41 Å². The number of hydrogen-bond acceptors (Lipinski definition) is 1. The summed E-state index contributed by atoms with van der Waals surface area (Å²) in [5.74, 6) is -0.683. The molecule has 0 bridgehead atoms. The first-order valence-corrected chi connectivity index (χ1v) is 3.65. The van der Waals surface area contributed by atoms with Crippen LogP contribution in [0.25, 0.3) is 0 Å². The molecule has 0 radical (unpaired) electrons. The molecule has 2 aliphatic carbocycles. The van der Waals surface area contributed by atoms with Crippen LogP contribution in [0, 0.1) is 11.3 Å². The van der Waals surface area contributed by atoms with Crippen molar-refractivity contribution in [1.82, 2.24) is 0 Å². The summed E-state index contributed by atoms with van der Waals surface area (Å²) in [6, 6.07) is 0. The van der Waals surface area contributed by atoms with Gasteiger partial charge in [-0.25, -0.2) is 0 Å². The van der Waals surface area contributed by atoms with Crippen LogP contribution in [0.4, 0.5) is 0 Å². The smallest absolute Gasteiger partial charge is 0.307 e. The van der Waals surface area contributed by atoms with E-state index in [1.54, 1.807) is 0 Å². The molecule has 2 unspecified atom stereocenters. The van der Waals surface area contributed by atoms with E-state index in [2.05, 4.69) is 12.2 Å². The van der Waals surface area contributed by atoms with Gasteiger partial charge in [0.2, 0.25) is 0 Å². The normalized spacial score (nSPS) is 42.6. The predicted octanol–water partition coefficient (Wildman–Crippen LogP) is 1.43. The Morgan fingerprint density at radius 2 is 2.50 bits per heavy atom. The Balaban J connectivity index is 2.11. The molecule has 2 heteroatoms. The molecule has 1 fully saturated rings. The van der Waals surface area contributed by atoms with Crippen LogP contribution in [0.1, 0.15) is 19.3 Å². The Hall–Kier alpha value is -0.790. The molecule has 0 saturated heterocycles. The van der Waals surface area contributed by atoms with Gasteiger partial charge in [-0.15, -0.1) is 0 Å². The topological polar surface area (TPSA) is 37.3 Å². The fourth-order valence-electron chi connectivity index (χ4n) is 1.87. The van der Waals surface area contributed by atoms with E-state index in [1.165, 1.54) is 0 Å². The lowest BCUT2D eigenvalue weighted by atomic mass is 10.0. The van der Waals surface area contributed by atoms with Gasteiger partial charge in [-0.1, -0.05) is 12.2 Å². The highest BCUT2D eigenvalue weighted by Gasteiger charge is 2.57. The van der Waals surface area contributed by atoms with Crippen molar-refractivity contribution in [3.8, 4) is 0 Å². The predicted molar refractivity (Wildman–Crippen MR) is 36.5 cm³/mol. The van der Waals surface area contributed by atoms with Crippen LogP contribution >= 0.6 is 0 Å². The van der Waals surface area contributed by atoms with Gasteiger partial charge in [0.1, 0.15) is 0 Å². The van der Waals surface area contributed by atoms with Crippen LogP contribution in [0.5, 0.6) is 0 Å². The van der Waals surface area contributed by atoms with Crippen LogP contribution in [0.2, 0.25) is 0 Å². The number of hydrogen-bond donors (Lipinski definition) is 1. The molecule has 0 heterocycles. The molecular weight excluding hydrogens is 128 g/mol. The van der Waals surface area contributed by atoms with Crippen LogP contribution < -0.4 is 0 Å². The number of carboxylic acids is 1. The fourth-order valence-corrected chi connectivity index (χ4v) is 1.87. The van der Waals surface area contributed by atoms with Gasteiger partial charge in [0.15, 0.2) is 0 Å². The molecule has 10 heavy (non-hydrogen) atoms. The highest BCUT2D eigenvalue weighted by atomic mass is 16.4. The van der Waals surface area contributed by atoms with Crippen LogP contribution in [0.3, 0.4) is 0 Å². The Kier molecular flexibility index (Phi) is 0.967. The molecule has 0 aromatic heterocycles. The van der Waals surface area contributed by atoms with Gasteiger partial charge < -0.3 is 5.11 Å². The van der Waals surface area contributed by atoms with E-state index >= 15 is 0 Å². The molecule has 1 saturated carbocycles. The van der Waals surface area contributed by atoms with Crippen LogP contribution in [0.15, 0.2) is 12.2 Å². The average molecular weight is 138 g/mol. The lowest BCUT2D eigenvalue weighted by Gasteiger charge is -2.00. The fraction of sp³-hybridized carbons (Fsp3) is 0.625. The van der Waals surface area contributed by atoms with Crippen molar-refractivity contribution >= 4 is 5.97 Å². The zero-order chi connectivity index (χ0) is 7.19. The minimum absolute atomic E-state index is 0.0637. The van der Waals surface area contributed by atoms with Gasteiger partial charge in [-0.3, -0.25) is 4.79 Å². The van der Waals surface area contributed by atoms with Crippen molar-refractivity contribution < 1.29 is 9.90 Å². The monoisotopic (exact) mass is 138 g/mol. The number of aliphatic carboxylic acids is 1. The van der Waals surface area contributed by atoms with Gasteiger partial charge in [0.05, 0.1) is 5.92 Å². The Morgan fingerprint density at radius 3 is 2.90 bits per heavy atom. The molecule has 2 rings (SSSR count). The highest BCUT2D eigenvalue weighted by molar-refractivity contribution is 5.75. The molecule has 2 atom stereocenters. The van der Waals surface area contributed by atoms with Gasteiger partial charge >= 0.3 is 5.97 Å². The summed E-state index contributed by atoms with van der Waals surface area (Å²) >= 11 is 0. The lowest BCUT2D eigenvalue weighted by molar-refractivity contribution is -0.139. The van der Waals surface area contributed by atoms with Crippen LogP contribution in [-0.2, 0) is 4.79 Å². The maximum Gasteiger partial charge on any atom is 0.307 e. The minimum atomic E-state index is -0.619. The van der Waals surface area contributed by atoms with Crippen molar-refractivity contribution in [2.75, 3.05) is 0 Å². The largest absolute Gasteiger partial charge is 0.481 e. The number of carboxylic acid groups (broad SMARTS) is 1. The zero-order valence-electron chi connectivity index (χ0n) is 5.71. The second-order valence-electron chi connectivity index (χ2n) is 3.27. The van der Waals surface area contributed by atoms with Crippen molar-refractivity contribution in [2.24, 2.45) is 11.3 Å². The molecule has 0 amide bonds. The van der Waals surface area contributed by atoms with E-state index in [9.17, 15) is 4.79 Å². The molecule has 1 spiro atoms. The SMILES string of the molecule is O=C(O)C1CC12C=CCC2. The van der Waals surface area contributed by atoms with Gasteiger partial charge in [0.25, 0.3) is 0 Å². The average Bonchev–Trinajstić information content (AvgIpc) is 2.32. The minimum Gasteiger partial charge on any atom is -0.481 e.